The first-order valence-corrected chi connectivity index (χ1v) is 20.7. The van der Waals surface area contributed by atoms with E-state index in [0.29, 0.717) is 34.5 Å². The van der Waals surface area contributed by atoms with E-state index in [1.165, 1.54) is 0 Å². The van der Waals surface area contributed by atoms with Gasteiger partial charge >= 0.3 is 0 Å². The first-order valence-electron chi connectivity index (χ1n) is 20.7. The zero-order valence-electron chi connectivity index (χ0n) is 33.6. The van der Waals surface area contributed by atoms with Crippen LogP contribution >= 0.6 is 0 Å². The topological polar surface area (TPSA) is 103 Å². The number of rotatable bonds is 7. The summed E-state index contributed by atoms with van der Waals surface area (Å²) in [6, 6.07) is 63.3. The van der Waals surface area contributed by atoms with Crippen LogP contribution in [0.5, 0.6) is 0 Å². The second kappa shape index (κ2) is 15.1. The van der Waals surface area contributed by atoms with Gasteiger partial charge in [0.1, 0.15) is 5.52 Å². The van der Waals surface area contributed by atoms with Gasteiger partial charge in [-0.1, -0.05) is 127 Å². The monoisotopic (exact) mass is 807 g/mol. The number of benzene rings is 7. The second-order valence-electron chi connectivity index (χ2n) is 15.4. The summed E-state index contributed by atoms with van der Waals surface area (Å²) in [4.78, 5) is 35.5. The van der Waals surface area contributed by atoms with Crippen molar-refractivity contribution in [3.63, 3.8) is 0 Å². The quantitative estimate of drug-likeness (QED) is 0.157. The van der Waals surface area contributed by atoms with E-state index in [1.807, 2.05) is 116 Å². The molecule has 0 aliphatic carbocycles. The number of nitrogens with zero attached hydrogens (tertiary/aromatic N) is 7. The zero-order chi connectivity index (χ0) is 41.7. The lowest BCUT2D eigenvalue weighted by atomic mass is 9.98. The average Bonchev–Trinajstić information content (AvgIpc) is 3.82. The van der Waals surface area contributed by atoms with Crippen molar-refractivity contribution >= 4 is 43.7 Å². The lowest BCUT2D eigenvalue weighted by Gasteiger charge is -2.13. The number of para-hydroxylation sites is 2. The molecule has 5 heterocycles. The minimum atomic E-state index is 0.483. The van der Waals surface area contributed by atoms with Crippen molar-refractivity contribution in [3.8, 4) is 79.3 Å². The zero-order valence-corrected chi connectivity index (χ0v) is 33.6. The van der Waals surface area contributed by atoms with Gasteiger partial charge in [0, 0.05) is 67.5 Å². The molecule has 0 radical (unpaired) electrons. The van der Waals surface area contributed by atoms with Crippen molar-refractivity contribution in [1.29, 1.82) is 0 Å². The molecule has 0 amide bonds. The molecule has 0 aliphatic heterocycles. The van der Waals surface area contributed by atoms with Gasteiger partial charge in [-0.15, -0.1) is 0 Å². The van der Waals surface area contributed by atoms with Crippen LogP contribution in [0.3, 0.4) is 0 Å². The number of hydrogen-bond acceptors (Lipinski definition) is 8. The maximum Gasteiger partial charge on any atom is 0.227 e. The number of aromatic nitrogens is 7. The molecule has 12 rings (SSSR count). The van der Waals surface area contributed by atoms with Crippen LogP contribution in [-0.2, 0) is 0 Å². The normalized spacial score (nSPS) is 11.5. The van der Waals surface area contributed by atoms with Crippen molar-refractivity contribution in [3.05, 3.63) is 200 Å². The Morgan fingerprint density at radius 1 is 0.317 bits per heavy atom. The molecule has 8 nitrogen and oxygen atoms in total. The minimum absolute atomic E-state index is 0.483. The van der Waals surface area contributed by atoms with Crippen molar-refractivity contribution in [1.82, 2.24) is 34.9 Å². The lowest BCUT2D eigenvalue weighted by Crippen LogP contribution is -1.99. The molecular weight excluding hydrogens is 775 g/mol. The van der Waals surface area contributed by atoms with Gasteiger partial charge in [0.05, 0.1) is 33.8 Å². The van der Waals surface area contributed by atoms with Crippen LogP contribution < -0.4 is 0 Å². The van der Waals surface area contributed by atoms with Crippen molar-refractivity contribution in [2.45, 2.75) is 0 Å². The molecule has 0 bridgehead atoms. The molecule has 0 saturated carbocycles. The Morgan fingerprint density at radius 2 is 0.778 bits per heavy atom. The maximum atomic E-state index is 6.60. The summed E-state index contributed by atoms with van der Waals surface area (Å²) in [6.07, 6.45) is 3.69. The Labute approximate surface area is 361 Å². The highest BCUT2D eigenvalue weighted by Crippen LogP contribution is 2.38. The summed E-state index contributed by atoms with van der Waals surface area (Å²) in [5, 5.41) is 4.13. The molecule has 8 heteroatoms. The van der Waals surface area contributed by atoms with Crippen LogP contribution in [0, 0.1) is 0 Å². The Morgan fingerprint density at radius 3 is 1.33 bits per heavy atom. The van der Waals surface area contributed by atoms with Crippen molar-refractivity contribution < 1.29 is 4.42 Å². The summed E-state index contributed by atoms with van der Waals surface area (Å²) >= 11 is 0. The Balaban J connectivity index is 1.10. The molecule has 0 atom stereocenters. The highest BCUT2D eigenvalue weighted by atomic mass is 16.3. The predicted octanol–water partition coefficient (Wildman–Crippen LogP) is 13.3. The minimum Gasteiger partial charge on any atom is -0.436 e. The van der Waals surface area contributed by atoms with E-state index in [2.05, 4.69) is 84.9 Å². The van der Waals surface area contributed by atoms with E-state index in [4.69, 9.17) is 39.3 Å². The van der Waals surface area contributed by atoms with Gasteiger partial charge < -0.3 is 4.42 Å². The van der Waals surface area contributed by atoms with Crippen LogP contribution in [0.15, 0.2) is 205 Å². The SMILES string of the molecule is c1ccc(-c2cc(-c3cc(-c4cc(-c5ccccc5)nc(-c5cnc6ccccc6c5)n4)cc(-c4nc5c(ccc6ccccc65)o4)c3)nc(-c3cnc4ccccc4c3)n2)cc1. The largest absolute Gasteiger partial charge is 0.436 e. The van der Waals surface area contributed by atoms with E-state index in [9.17, 15) is 0 Å². The van der Waals surface area contributed by atoms with Crippen LogP contribution in [0.1, 0.15) is 0 Å². The van der Waals surface area contributed by atoms with E-state index in [-0.39, 0.29) is 0 Å². The van der Waals surface area contributed by atoms with Gasteiger partial charge in [-0.3, -0.25) is 9.97 Å². The van der Waals surface area contributed by atoms with E-state index < -0.39 is 0 Å². The Bertz CT molecular complexity index is 3520. The van der Waals surface area contributed by atoms with E-state index in [0.717, 1.165) is 88.4 Å². The van der Waals surface area contributed by atoms with Gasteiger partial charge in [0.15, 0.2) is 17.2 Å². The smallest absolute Gasteiger partial charge is 0.227 e. The summed E-state index contributed by atoms with van der Waals surface area (Å²) in [6.45, 7) is 0. The third-order valence-electron chi connectivity index (χ3n) is 11.3. The first-order chi connectivity index (χ1) is 31.1. The molecule has 0 aliphatic rings. The van der Waals surface area contributed by atoms with E-state index in [1.54, 1.807) is 0 Å². The Hall–Kier alpha value is -8.75. The highest BCUT2D eigenvalue weighted by molar-refractivity contribution is 6.04. The fourth-order valence-corrected chi connectivity index (χ4v) is 8.18. The number of fused-ring (bicyclic) bond motifs is 5. The molecule has 0 spiro atoms. The van der Waals surface area contributed by atoms with Gasteiger partial charge in [-0.2, -0.15) is 0 Å². The number of oxazole rings is 1. The molecule has 0 fully saturated rings. The number of hydrogen-bond donors (Lipinski definition) is 0. The maximum absolute atomic E-state index is 6.60. The van der Waals surface area contributed by atoms with Gasteiger partial charge in [0.2, 0.25) is 5.89 Å². The van der Waals surface area contributed by atoms with Crippen LogP contribution in [0.2, 0.25) is 0 Å². The van der Waals surface area contributed by atoms with Crippen LogP contribution in [0.25, 0.3) is 123 Å². The third kappa shape index (κ3) is 6.82. The van der Waals surface area contributed by atoms with E-state index >= 15 is 0 Å². The number of pyridine rings is 2. The molecule has 12 aromatic rings. The fourth-order valence-electron chi connectivity index (χ4n) is 8.18. The standard InChI is InChI=1S/C55H33N7O/c1-3-14-35(15-4-1)47-30-49(60-53(58-47)42-25-37-18-8-11-21-45(37)56-32-42)39-27-40(29-41(28-39)55-62-52-44-20-10-7-13-34(44)23-24-51(52)63-55)50-31-48(36-16-5-2-6-17-36)59-54(61-50)43-26-38-19-9-12-22-46(38)57-33-43/h1-33H. The molecule has 7 aromatic carbocycles. The van der Waals surface area contributed by atoms with Gasteiger partial charge in [-0.05, 0) is 66.0 Å². The Kier molecular flexibility index (Phi) is 8.64. The molecule has 0 N–H and O–H groups in total. The summed E-state index contributed by atoms with van der Waals surface area (Å²) in [5.74, 6) is 1.60. The molecule has 294 valence electrons. The summed E-state index contributed by atoms with van der Waals surface area (Å²) in [7, 11) is 0. The van der Waals surface area contributed by atoms with Gasteiger partial charge in [0.25, 0.3) is 0 Å². The summed E-state index contributed by atoms with van der Waals surface area (Å²) < 4.78 is 6.60. The van der Waals surface area contributed by atoms with Crippen molar-refractivity contribution in [2.75, 3.05) is 0 Å². The fraction of sp³-hybridized carbons (Fsp3) is 0. The summed E-state index contributed by atoms with van der Waals surface area (Å²) in [5.41, 5.74) is 12.3. The molecule has 63 heavy (non-hydrogen) atoms. The third-order valence-corrected chi connectivity index (χ3v) is 11.3. The molecule has 0 saturated heterocycles. The predicted molar refractivity (Wildman–Crippen MR) is 251 cm³/mol. The first kappa shape index (κ1) is 36.1. The van der Waals surface area contributed by atoms with Gasteiger partial charge in [-0.25, -0.2) is 24.9 Å². The second-order valence-corrected chi connectivity index (χ2v) is 15.4. The highest BCUT2D eigenvalue weighted by Gasteiger charge is 2.19. The molecule has 5 aromatic heterocycles. The molecule has 0 unspecified atom stereocenters. The molecular formula is C55H33N7O. The lowest BCUT2D eigenvalue weighted by molar-refractivity contribution is 0.620. The van der Waals surface area contributed by atoms with Crippen LogP contribution in [-0.4, -0.2) is 34.9 Å². The van der Waals surface area contributed by atoms with Crippen LogP contribution in [0.4, 0.5) is 0 Å². The average molecular weight is 808 g/mol. The van der Waals surface area contributed by atoms with Crippen molar-refractivity contribution in [2.24, 2.45) is 0 Å².